The van der Waals surface area contributed by atoms with Gasteiger partial charge >= 0.3 is 5.97 Å². The molecule has 2 aromatic heterocycles. The van der Waals surface area contributed by atoms with Crippen LogP contribution < -0.4 is 0 Å². The summed E-state index contributed by atoms with van der Waals surface area (Å²) in [6, 6.07) is 4.74. The molecule has 1 aliphatic heterocycles. The molecule has 198 valence electrons. The fraction of sp³-hybridized carbons (Fsp3) is 0.391. The first kappa shape index (κ1) is 27.0. The number of esters is 1. The molecule has 0 unspecified atom stereocenters. The summed E-state index contributed by atoms with van der Waals surface area (Å²) in [5.74, 6) is -1.89. The van der Waals surface area contributed by atoms with Crippen LogP contribution in [0, 0.1) is 5.82 Å². The van der Waals surface area contributed by atoms with Gasteiger partial charge in [-0.15, -0.1) is 11.3 Å². The first-order valence-electron chi connectivity index (χ1n) is 11.1. The maximum atomic E-state index is 13.9. The Bertz CT molecular complexity index is 1260. The summed E-state index contributed by atoms with van der Waals surface area (Å²) in [6.07, 6.45) is -5.07. The number of rotatable bonds is 8. The smallest absolute Gasteiger partial charge is 0.358 e. The van der Waals surface area contributed by atoms with E-state index in [2.05, 4.69) is 10.1 Å². The first-order chi connectivity index (χ1) is 17.6. The van der Waals surface area contributed by atoms with Crippen molar-refractivity contribution in [3.8, 4) is 0 Å². The van der Waals surface area contributed by atoms with Crippen molar-refractivity contribution in [3.63, 3.8) is 0 Å². The fourth-order valence-corrected chi connectivity index (χ4v) is 5.09. The SMILES string of the molecule is O=C(OCc1c(F)cccc1Cl)c1csc(C2CCN(C(=O)Cn3nc(C(F)F)cc3C(F)F)CC2)n1. The van der Waals surface area contributed by atoms with E-state index in [1.54, 1.807) is 0 Å². The van der Waals surface area contributed by atoms with E-state index >= 15 is 0 Å². The maximum absolute atomic E-state index is 13.9. The van der Waals surface area contributed by atoms with Crippen LogP contribution in [0.5, 0.6) is 0 Å². The van der Waals surface area contributed by atoms with Crippen molar-refractivity contribution in [3.05, 3.63) is 68.1 Å². The van der Waals surface area contributed by atoms with Gasteiger partial charge in [-0.3, -0.25) is 9.48 Å². The van der Waals surface area contributed by atoms with Crippen LogP contribution in [-0.4, -0.2) is 44.6 Å². The lowest BCUT2D eigenvalue weighted by Crippen LogP contribution is -2.40. The van der Waals surface area contributed by atoms with Crippen LogP contribution in [0.4, 0.5) is 22.0 Å². The van der Waals surface area contributed by atoms with Gasteiger partial charge in [0.1, 0.15) is 30.4 Å². The second-order valence-corrected chi connectivity index (χ2v) is 9.55. The largest absolute Gasteiger partial charge is 0.456 e. The normalized spacial score (nSPS) is 14.5. The van der Waals surface area contributed by atoms with Gasteiger partial charge in [-0.25, -0.2) is 31.7 Å². The molecule has 4 rings (SSSR count). The molecule has 1 aromatic carbocycles. The molecule has 7 nitrogen and oxygen atoms in total. The summed E-state index contributed by atoms with van der Waals surface area (Å²) in [5.41, 5.74) is -1.42. The van der Waals surface area contributed by atoms with Gasteiger partial charge in [-0.1, -0.05) is 17.7 Å². The van der Waals surface area contributed by atoms with Gasteiger partial charge in [0.05, 0.1) is 10.0 Å². The van der Waals surface area contributed by atoms with Gasteiger partial charge < -0.3 is 9.64 Å². The van der Waals surface area contributed by atoms with E-state index < -0.39 is 48.5 Å². The van der Waals surface area contributed by atoms with Crippen molar-refractivity contribution in [1.29, 1.82) is 0 Å². The summed E-state index contributed by atoms with van der Waals surface area (Å²) < 4.78 is 71.7. The molecule has 0 spiro atoms. The van der Waals surface area contributed by atoms with Crippen LogP contribution in [0.1, 0.15) is 64.1 Å². The summed E-state index contributed by atoms with van der Waals surface area (Å²) in [5, 5.41) is 5.78. The number of aromatic nitrogens is 3. The molecular formula is C23H20ClF5N4O3S. The van der Waals surface area contributed by atoms with Crippen molar-refractivity contribution in [2.45, 2.75) is 44.8 Å². The minimum Gasteiger partial charge on any atom is -0.456 e. The standard InChI is InChI=1S/C23H20ClF5N4O3S/c24-14-2-1-3-15(25)13(14)10-36-23(35)17-11-37-22(30-17)12-4-6-32(7-5-12)19(34)9-33-18(21(28)29)8-16(31-33)20(26)27/h1-3,8,11-12,20-21H,4-7,9-10H2. The van der Waals surface area contributed by atoms with Crippen molar-refractivity contribution in [1.82, 2.24) is 19.7 Å². The van der Waals surface area contributed by atoms with E-state index in [-0.39, 0.29) is 28.8 Å². The quantitative estimate of drug-likeness (QED) is 0.257. The zero-order valence-electron chi connectivity index (χ0n) is 19.1. The number of hydrogen-bond donors (Lipinski definition) is 0. The Morgan fingerprint density at radius 1 is 1.16 bits per heavy atom. The van der Waals surface area contributed by atoms with E-state index in [0.29, 0.717) is 41.7 Å². The summed E-state index contributed by atoms with van der Waals surface area (Å²) in [7, 11) is 0. The molecule has 1 amide bonds. The molecule has 3 heterocycles. The zero-order chi connectivity index (χ0) is 26.7. The number of alkyl halides is 4. The third kappa shape index (κ3) is 6.27. The fourth-order valence-electron chi connectivity index (χ4n) is 3.92. The van der Waals surface area contributed by atoms with Gasteiger partial charge in [0.15, 0.2) is 5.69 Å². The van der Waals surface area contributed by atoms with Gasteiger partial charge in [0.2, 0.25) is 5.91 Å². The molecular weight excluding hydrogens is 543 g/mol. The highest BCUT2D eigenvalue weighted by atomic mass is 35.5. The zero-order valence-corrected chi connectivity index (χ0v) is 20.6. The predicted molar refractivity (Wildman–Crippen MR) is 123 cm³/mol. The lowest BCUT2D eigenvalue weighted by atomic mass is 9.97. The third-order valence-corrected chi connectivity index (χ3v) is 7.26. The molecule has 0 aliphatic carbocycles. The Labute approximate surface area is 216 Å². The highest BCUT2D eigenvalue weighted by Gasteiger charge is 2.29. The van der Waals surface area contributed by atoms with E-state index in [4.69, 9.17) is 16.3 Å². The molecule has 0 N–H and O–H groups in total. The number of likely N-dealkylation sites (tertiary alicyclic amines) is 1. The van der Waals surface area contributed by atoms with Crippen molar-refractivity contribution >= 4 is 34.8 Å². The van der Waals surface area contributed by atoms with Crippen LogP contribution in [0.3, 0.4) is 0 Å². The van der Waals surface area contributed by atoms with Crippen LogP contribution in [0.2, 0.25) is 5.02 Å². The number of amides is 1. The Morgan fingerprint density at radius 3 is 2.54 bits per heavy atom. The maximum Gasteiger partial charge on any atom is 0.358 e. The van der Waals surface area contributed by atoms with E-state index in [1.165, 1.54) is 39.8 Å². The number of benzene rings is 1. The lowest BCUT2D eigenvalue weighted by Gasteiger charge is -2.31. The second-order valence-electron chi connectivity index (χ2n) is 8.26. The monoisotopic (exact) mass is 562 g/mol. The van der Waals surface area contributed by atoms with Crippen LogP contribution in [0.25, 0.3) is 0 Å². The Hall–Kier alpha value is -3.06. The van der Waals surface area contributed by atoms with Gasteiger partial charge in [-0.05, 0) is 31.0 Å². The van der Waals surface area contributed by atoms with E-state index in [0.717, 1.165) is 0 Å². The number of piperidine rings is 1. The number of carbonyl (C=O) groups excluding carboxylic acids is 2. The molecule has 0 radical (unpaired) electrons. The average Bonchev–Trinajstić information content (AvgIpc) is 3.52. The molecule has 37 heavy (non-hydrogen) atoms. The first-order valence-corrected chi connectivity index (χ1v) is 12.4. The van der Waals surface area contributed by atoms with Crippen molar-refractivity contribution in [2.75, 3.05) is 13.1 Å². The lowest BCUT2D eigenvalue weighted by molar-refractivity contribution is -0.133. The minimum absolute atomic E-state index is 0.0524. The third-order valence-electron chi connectivity index (χ3n) is 5.90. The number of hydrogen-bond acceptors (Lipinski definition) is 6. The number of ether oxygens (including phenoxy) is 1. The molecule has 0 saturated carbocycles. The Morgan fingerprint density at radius 2 is 1.89 bits per heavy atom. The van der Waals surface area contributed by atoms with Gasteiger partial charge in [0, 0.05) is 30.0 Å². The average molecular weight is 563 g/mol. The van der Waals surface area contributed by atoms with Gasteiger partial charge in [0.25, 0.3) is 12.9 Å². The molecule has 0 atom stereocenters. The number of carbonyl (C=O) groups is 2. The summed E-state index contributed by atoms with van der Waals surface area (Å²) in [6.45, 7) is -0.334. The molecule has 1 fully saturated rings. The summed E-state index contributed by atoms with van der Waals surface area (Å²) in [4.78, 5) is 30.8. The van der Waals surface area contributed by atoms with E-state index in [9.17, 15) is 31.5 Å². The minimum atomic E-state index is -3.05. The topological polar surface area (TPSA) is 77.3 Å². The number of halogens is 6. The van der Waals surface area contributed by atoms with Crippen LogP contribution in [0.15, 0.2) is 29.6 Å². The molecule has 0 bridgehead atoms. The second kappa shape index (κ2) is 11.5. The van der Waals surface area contributed by atoms with Crippen LogP contribution in [-0.2, 0) is 22.7 Å². The van der Waals surface area contributed by atoms with E-state index in [1.807, 2.05) is 0 Å². The molecule has 1 saturated heterocycles. The number of nitrogens with zero attached hydrogens (tertiary/aromatic N) is 4. The van der Waals surface area contributed by atoms with Gasteiger partial charge in [-0.2, -0.15) is 5.10 Å². The summed E-state index contributed by atoms with van der Waals surface area (Å²) >= 11 is 7.19. The molecule has 3 aromatic rings. The Balaban J connectivity index is 1.31. The van der Waals surface area contributed by atoms with Crippen molar-refractivity contribution in [2.24, 2.45) is 0 Å². The predicted octanol–water partition coefficient (Wildman–Crippen LogP) is 5.77. The van der Waals surface area contributed by atoms with Crippen LogP contribution >= 0.6 is 22.9 Å². The van der Waals surface area contributed by atoms with Crippen molar-refractivity contribution < 1.29 is 36.3 Å². The number of thiazole rings is 1. The molecule has 1 aliphatic rings. The Kier molecular flexibility index (Phi) is 8.42. The highest BCUT2D eigenvalue weighted by molar-refractivity contribution is 7.09. The molecule has 14 heteroatoms. The highest BCUT2D eigenvalue weighted by Crippen LogP contribution is 2.31.